The third-order valence-corrected chi connectivity index (χ3v) is 5.52. The van der Waals surface area contributed by atoms with E-state index in [-0.39, 0.29) is 19.1 Å². The van der Waals surface area contributed by atoms with Crippen LogP contribution in [0, 0.1) is 11.6 Å². The summed E-state index contributed by atoms with van der Waals surface area (Å²) in [6, 6.07) is 16.9. The average Bonchev–Trinajstić information content (AvgIpc) is 3.16. The van der Waals surface area contributed by atoms with Gasteiger partial charge < -0.3 is 20.5 Å². The Hall–Kier alpha value is -4.53. The Balaban J connectivity index is 1.28. The van der Waals surface area contributed by atoms with Gasteiger partial charge in [-0.3, -0.25) is 4.79 Å². The molecule has 0 unspecified atom stereocenters. The van der Waals surface area contributed by atoms with Gasteiger partial charge in [0.05, 0.1) is 11.3 Å². The van der Waals surface area contributed by atoms with Crippen LogP contribution in [0.1, 0.15) is 27.4 Å². The zero-order valence-corrected chi connectivity index (χ0v) is 18.3. The van der Waals surface area contributed by atoms with Gasteiger partial charge in [0.25, 0.3) is 0 Å². The Morgan fingerprint density at radius 2 is 1.57 bits per heavy atom. The number of hydrogen-bond donors (Lipinski definition) is 3. The van der Waals surface area contributed by atoms with Gasteiger partial charge in [0.1, 0.15) is 18.2 Å². The van der Waals surface area contributed by atoms with Crippen LogP contribution >= 0.6 is 0 Å². The minimum Gasteiger partial charge on any atom is -0.478 e. The van der Waals surface area contributed by atoms with Crippen LogP contribution in [0.2, 0.25) is 0 Å². The molecule has 0 bridgehead atoms. The quantitative estimate of drug-likeness (QED) is 0.427. The lowest BCUT2D eigenvalue weighted by Crippen LogP contribution is -2.26. The van der Waals surface area contributed by atoms with Gasteiger partial charge in [0.15, 0.2) is 0 Å². The summed E-state index contributed by atoms with van der Waals surface area (Å²) in [4.78, 5) is 35.1. The predicted molar refractivity (Wildman–Crippen MR) is 124 cm³/mol. The molecule has 9 heteroatoms. The molecule has 178 valence electrons. The lowest BCUT2D eigenvalue weighted by Gasteiger charge is -2.14. The van der Waals surface area contributed by atoms with E-state index < -0.39 is 40.9 Å². The van der Waals surface area contributed by atoms with Gasteiger partial charge in [-0.15, -0.1) is 0 Å². The minimum atomic E-state index is -1.60. The normalized spacial score (nSPS) is 12.2. The van der Waals surface area contributed by atoms with E-state index in [9.17, 15) is 23.2 Å². The Kier molecular flexibility index (Phi) is 6.86. The van der Waals surface area contributed by atoms with E-state index in [1.807, 2.05) is 48.5 Å². The monoisotopic (exact) mass is 478 g/mol. The Morgan fingerprint density at radius 1 is 0.943 bits per heavy atom. The summed E-state index contributed by atoms with van der Waals surface area (Å²) in [5.74, 6) is -4.85. The topological polar surface area (TPSA) is 105 Å². The average molecular weight is 478 g/mol. The van der Waals surface area contributed by atoms with Crippen molar-refractivity contribution in [1.29, 1.82) is 0 Å². The van der Waals surface area contributed by atoms with Crippen LogP contribution in [0.15, 0.2) is 72.8 Å². The molecule has 0 atom stereocenters. The molecule has 0 aliphatic heterocycles. The van der Waals surface area contributed by atoms with Crippen LogP contribution in [-0.4, -0.2) is 36.2 Å². The second-order valence-electron chi connectivity index (χ2n) is 7.72. The molecule has 0 saturated heterocycles. The maximum absolute atomic E-state index is 13.8. The highest BCUT2D eigenvalue weighted by atomic mass is 19.1. The van der Waals surface area contributed by atoms with Gasteiger partial charge in [-0.25, -0.2) is 18.4 Å². The number of rotatable bonds is 7. The number of halogens is 2. The number of carbonyl (C=O) groups is 3. The number of hydrogen-bond acceptors (Lipinski definition) is 4. The summed E-state index contributed by atoms with van der Waals surface area (Å²) in [7, 11) is 0. The number of ether oxygens (including phenoxy) is 1. The molecule has 7 nitrogen and oxygen atoms in total. The number of aromatic carboxylic acids is 1. The van der Waals surface area contributed by atoms with E-state index in [1.165, 1.54) is 6.08 Å². The number of anilines is 1. The van der Waals surface area contributed by atoms with Crippen LogP contribution in [0.4, 0.5) is 19.3 Å². The SMILES string of the molecule is O=C(/C=C/CNC(=O)OCC1c2ccccc2-c2ccccc21)Nc1cc(C(=O)O)c(F)cc1F. The van der Waals surface area contributed by atoms with E-state index in [4.69, 9.17) is 9.84 Å². The van der Waals surface area contributed by atoms with Crippen LogP contribution in [-0.2, 0) is 9.53 Å². The summed E-state index contributed by atoms with van der Waals surface area (Å²) >= 11 is 0. The molecular formula is C26H20F2N2O5. The molecule has 35 heavy (non-hydrogen) atoms. The Bertz CT molecular complexity index is 1290. The molecule has 3 N–H and O–H groups in total. The van der Waals surface area contributed by atoms with Gasteiger partial charge in [-0.05, 0) is 28.3 Å². The first-order chi connectivity index (χ1) is 16.8. The molecule has 0 radical (unpaired) electrons. The number of fused-ring (bicyclic) bond motifs is 3. The van der Waals surface area contributed by atoms with Gasteiger partial charge in [-0.2, -0.15) is 0 Å². The maximum Gasteiger partial charge on any atom is 0.407 e. The van der Waals surface area contributed by atoms with Crippen molar-refractivity contribution in [3.05, 3.63) is 101 Å². The maximum atomic E-state index is 13.8. The zero-order valence-electron chi connectivity index (χ0n) is 18.3. The van der Waals surface area contributed by atoms with E-state index >= 15 is 0 Å². The van der Waals surface area contributed by atoms with Crippen molar-refractivity contribution >= 4 is 23.7 Å². The molecule has 1 aliphatic rings. The first-order valence-corrected chi connectivity index (χ1v) is 10.6. The third kappa shape index (κ3) is 5.19. The van der Waals surface area contributed by atoms with Gasteiger partial charge in [0, 0.05) is 24.6 Å². The smallest absolute Gasteiger partial charge is 0.407 e. The predicted octanol–water partition coefficient (Wildman–Crippen LogP) is 4.70. The fourth-order valence-corrected chi connectivity index (χ4v) is 3.94. The molecule has 2 amide bonds. The largest absolute Gasteiger partial charge is 0.478 e. The number of nitrogens with one attached hydrogen (secondary N) is 2. The van der Waals surface area contributed by atoms with E-state index in [0.717, 1.165) is 28.3 Å². The van der Waals surface area contributed by atoms with Crippen molar-refractivity contribution in [2.45, 2.75) is 5.92 Å². The standard InChI is InChI=1S/C26H20F2N2O5/c27-21-13-22(28)23(12-19(21)25(32)33)30-24(31)10-5-11-29-26(34)35-14-20-17-8-3-1-6-15(17)16-7-2-4-9-18(16)20/h1-10,12-13,20H,11,14H2,(H,29,34)(H,30,31)(H,32,33)/b10-5+. The minimum absolute atomic E-state index is 0.0453. The molecule has 0 fully saturated rings. The van der Waals surface area contributed by atoms with Crippen molar-refractivity contribution in [2.75, 3.05) is 18.5 Å². The number of benzene rings is 3. The summed E-state index contributed by atoms with van der Waals surface area (Å²) in [6.07, 6.45) is 1.65. The van der Waals surface area contributed by atoms with Crippen molar-refractivity contribution in [3.63, 3.8) is 0 Å². The first-order valence-electron chi connectivity index (χ1n) is 10.6. The number of alkyl carbamates (subject to hydrolysis) is 1. The molecule has 3 aromatic rings. The van der Waals surface area contributed by atoms with Crippen LogP contribution < -0.4 is 10.6 Å². The molecular weight excluding hydrogens is 458 g/mol. The van der Waals surface area contributed by atoms with Gasteiger partial charge in [0.2, 0.25) is 5.91 Å². The second-order valence-corrected chi connectivity index (χ2v) is 7.72. The van der Waals surface area contributed by atoms with Gasteiger partial charge in [-0.1, -0.05) is 54.6 Å². The van der Waals surface area contributed by atoms with E-state index in [1.54, 1.807) is 0 Å². The number of carboxylic acid groups (broad SMARTS) is 1. The molecule has 0 saturated carbocycles. The van der Waals surface area contributed by atoms with Crippen molar-refractivity contribution in [3.8, 4) is 11.1 Å². The highest BCUT2D eigenvalue weighted by Gasteiger charge is 2.28. The molecule has 1 aliphatic carbocycles. The zero-order chi connectivity index (χ0) is 24.9. The fraction of sp³-hybridized carbons (Fsp3) is 0.115. The van der Waals surface area contributed by atoms with Crippen molar-refractivity contribution in [2.24, 2.45) is 0 Å². The lowest BCUT2D eigenvalue weighted by atomic mass is 9.98. The highest BCUT2D eigenvalue weighted by Crippen LogP contribution is 2.44. The summed E-state index contributed by atoms with van der Waals surface area (Å²) in [5.41, 5.74) is 3.12. The third-order valence-electron chi connectivity index (χ3n) is 5.52. The Morgan fingerprint density at radius 3 is 2.20 bits per heavy atom. The molecule has 0 heterocycles. The van der Waals surface area contributed by atoms with Gasteiger partial charge >= 0.3 is 12.1 Å². The Labute approximate surface area is 199 Å². The summed E-state index contributed by atoms with van der Waals surface area (Å²) < 4.78 is 32.6. The van der Waals surface area contributed by atoms with E-state index in [0.29, 0.717) is 12.1 Å². The molecule has 0 spiro atoms. The van der Waals surface area contributed by atoms with E-state index in [2.05, 4.69) is 10.6 Å². The number of amides is 2. The van der Waals surface area contributed by atoms with Crippen molar-refractivity contribution < 1.29 is 33.0 Å². The lowest BCUT2D eigenvalue weighted by molar-refractivity contribution is -0.112. The number of carbonyl (C=O) groups excluding carboxylic acids is 2. The second kappa shape index (κ2) is 10.2. The van der Waals surface area contributed by atoms with Crippen LogP contribution in [0.25, 0.3) is 11.1 Å². The van der Waals surface area contributed by atoms with Crippen LogP contribution in [0.3, 0.4) is 0 Å². The first kappa shape index (κ1) is 23.6. The van der Waals surface area contributed by atoms with Crippen molar-refractivity contribution in [1.82, 2.24) is 5.32 Å². The van der Waals surface area contributed by atoms with Crippen LogP contribution in [0.5, 0.6) is 0 Å². The summed E-state index contributed by atoms with van der Waals surface area (Å²) in [5, 5.41) is 13.5. The fourth-order valence-electron chi connectivity index (χ4n) is 3.94. The number of carboxylic acids is 1. The molecule has 4 rings (SSSR count). The molecule has 0 aromatic heterocycles. The summed E-state index contributed by atoms with van der Waals surface area (Å²) in [6.45, 7) is 0.0934. The highest BCUT2D eigenvalue weighted by molar-refractivity contribution is 6.00. The molecule has 3 aromatic carbocycles.